The van der Waals surface area contributed by atoms with Crippen molar-refractivity contribution in [3.05, 3.63) is 45.8 Å². The highest BCUT2D eigenvalue weighted by atomic mass is 35.5. The number of imidazole rings is 1. The Morgan fingerprint density at radius 3 is 2.91 bits per heavy atom. The molecular weight excluding hydrogens is 444 g/mol. The Hall–Kier alpha value is -2.75. The van der Waals surface area contributed by atoms with E-state index in [1.807, 2.05) is 12.1 Å². The second kappa shape index (κ2) is 7.93. The van der Waals surface area contributed by atoms with E-state index in [-0.39, 0.29) is 17.6 Å². The van der Waals surface area contributed by atoms with Gasteiger partial charge in [0.2, 0.25) is 11.7 Å². The normalized spacial score (nSPS) is 23.5. The molecule has 6 rings (SSSR count). The lowest BCUT2D eigenvalue weighted by atomic mass is 10.1. The summed E-state index contributed by atoms with van der Waals surface area (Å²) in [5, 5.41) is 14.7. The molecule has 3 aromatic heterocycles. The summed E-state index contributed by atoms with van der Waals surface area (Å²) < 4.78 is 8.95. The number of aliphatic hydroxyl groups excluding tert-OH is 1. The van der Waals surface area contributed by atoms with Gasteiger partial charge in [0.1, 0.15) is 17.5 Å². The predicted octanol–water partition coefficient (Wildman–Crippen LogP) is 2.93. The van der Waals surface area contributed by atoms with Crippen LogP contribution in [-0.4, -0.2) is 59.8 Å². The van der Waals surface area contributed by atoms with Crippen LogP contribution in [0.5, 0.6) is 0 Å². The molecule has 4 aromatic rings. The molecule has 0 bridgehead atoms. The molecular formula is C23H25ClN6O3. The summed E-state index contributed by atoms with van der Waals surface area (Å²) >= 11 is 6.58. The van der Waals surface area contributed by atoms with Crippen LogP contribution < -0.4 is 5.56 Å². The number of benzene rings is 1. The topological polar surface area (TPSA) is 102 Å². The van der Waals surface area contributed by atoms with Crippen LogP contribution in [0.4, 0.5) is 0 Å². The summed E-state index contributed by atoms with van der Waals surface area (Å²) in [6.45, 7) is 4.76. The first-order chi connectivity index (χ1) is 16.0. The summed E-state index contributed by atoms with van der Waals surface area (Å²) in [5.74, 6) is 1.76. The van der Waals surface area contributed by atoms with Crippen molar-refractivity contribution in [3.8, 4) is 11.5 Å². The molecule has 3 atom stereocenters. The minimum absolute atomic E-state index is 0.202. The molecule has 1 aromatic carbocycles. The smallest absolute Gasteiger partial charge is 0.277 e. The molecule has 172 valence electrons. The van der Waals surface area contributed by atoms with Crippen molar-refractivity contribution in [1.82, 2.24) is 29.0 Å². The number of para-hydroxylation sites is 1. The van der Waals surface area contributed by atoms with E-state index in [9.17, 15) is 9.90 Å². The van der Waals surface area contributed by atoms with Crippen molar-refractivity contribution < 1.29 is 9.63 Å². The van der Waals surface area contributed by atoms with Gasteiger partial charge in [-0.05, 0) is 43.9 Å². The van der Waals surface area contributed by atoms with Gasteiger partial charge in [0, 0.05) is 25.6 Å². The van der Waals surface area contributed by atoms with E-state index in [2.05, 4.69) is 26.9 Å². The van der Waals surface area contributed by atoms with E-state index in [0.717, 1.165) is 31.3 Å². The van der Waals surface area contributed by atoms with Crippen LogP contribution in [0.3, 0.4) is 0 Å². The minimum Gasteiger partial charge on any atom is -0.392 e. The highest BCUT2D eigenvalue weighted by Crippen LogP contribution is 2.46. The zero-order valence-electron chi connectivity index (χ0n) is 18.3. The Balaban J connectivity index is 1.47. The van der Waals surface area contributed by atoms with Crippen LogP contribution in [0.15, 0.2) is 33.8 Å². The van der Waals surface area contributed by atoms with E-state index < -0.39 is 0 Å². The summed E-state index contributed by atoms with van der Waals surface area (Å²) in [6, 6.07) is 5.57. The number of rotatable bonds is 5. The first-order valence-corrected chi connectivity index (χ1v) is 11.8. The van der Waals surface area contributed by atoms with Crippen LogP contribution in [0.2, 0.25) is 5.02 Å². The SMILES string of the molecule is CC1CC1c1nc(-c2ncn3c2c(=O)n(CCN2CCCC(O)C2)c2c(Cl)cccc23)no1. The van der Waals surface area contributed by atoms with E-state index in [4.69, 9.17) is 16.1 Å². The van der Waals surface area contributed by atoms with E-state index in [1.54, 1.807) is 21.4 Å². The Morgan fingerprint density at radius 1 is 1.27 bits per heavy atom. The lowest BCUT2D eigenvalue weighted by Gasteiger charge is -2.30. The molecule has 4 heterocycles. The fraction of sp³-hybridized carbons (Fsp3) is 0.478. The molecule has 2 fully saturated rings. The molecule has 2 aliphatic rings. The van der Waals surface area contributed by atoms with Crippen molar-refractivity contribution in [3.63, 3.8) is 0 Å². The predicted molar refractivity (Wildman–Crippen MR) is 123 cm³/mol. The zero-order valence-corrected chi connectivity index (χ0v) is 19.1. The summed E-state index contributed by atoms with van der Waals surface area (Å²) in [6.07, 6.45) is 4.10. The molecule has 0 amide bonds. The first kappa shape index (κ1) is 20.8. The van der Waals surface area contributed by atoms with Gasteiger partial charge in [-0.2, -0.15) is 4.98 Å². The molecule has 10 heteroatoms. The lowest BCUT2D eigenvalue weighted by molar-refractivity contribution is 0.0690. The van der Waals surface area contributed by atoms with Crippen LogP contribution in [0.1, 0.15) is 38.0 Å². The number of likely N-dealkylation sites (tertiary alicyclic amines) is 1. The van der Waals surface area contributed by atoms with Gasteiger partial charge < -0.3 is 14.2 Å². The maximum absolute atomic E-state index is 13.8. The van der Waals surface area contributed by atoms with Gasteiger partial charge >= 0.3 is 0 Å². The molecule has 1 N–H and O–H groups in total. The number of hydrogen-bond donors (Lipinski definition) is 1. The molecule has 3 unspecified atom stereocenters. The Labute approximate surface area is 194 Å². The molecule has 1 saturated heterocycles. The van der Waals surface area contributed by atoms with Gasteiger partial charge in [-0.25, -0.2) is 4.98 Å². The van der Waals surface area contributed by atoms with Gasteiger partial charge in [-0.1, -0.05) is 29.7 Å². The van der Waals surface area contributed by atoms with Gasteiger partial charge in [0.15, 0.2) is 0 Å². The molecule has 1 aliphatic heterocycles. The van der Waals surface area contributed by atoms with Gasteiger partial charge in [-0.15, -0.1) is 0 Å². The fourth-order valence-corrected chi connectivity index (χ4v) is 5.20. The monoisotopic (exact) mass is 468 g/mol. The third-order valence-electron chi connectivity index (χ3n) is 6.91. The Bertz CT molecular complexity index is 1410. The number of nitrogens with zero attached hydrogens (tertiary/aromatic N) is 6. The molecule has 0 radical (unpaired) electrons. The number of piperidine rings is 1. The third-order valence-corrected chi connectivity index (χ3v) is 7.22. The minimum atomic E-state index is -0.318. The quantitative estimate of drug-likeness (QED) is 0.480. The van der Waals surface area contributed by atoms with Crippen LogP contribution in [0.25, 0.3) is 28.1 Å². The van der Waals surface area contributed by atoms with Crippen LogP contribution in [-0.2, 0) is 6.54 Å². The molecule has 0 spiro atoms. The van der Waals surface area contributed by atoms with E-state index in [0.29, 0.717) is 59.0 Å². The van der Waals surface area contributed by atoms with Crippen molar-refractivity contribution >= 4 is 28.2 Å². The number of fused-ring (bicyclic) bond motifs is 3. The van der Waals surface area contributed by atoms with Crippen LogP contribution in [0, 0.1) is 5.92 Å². The van der Waals surface area contributed by atoms with E-state index >= 15 is 0 Å². The summed E-state index contributed by atoms with van der Waals surface area (Å²) in [4.78, 5) is 25.0. The maximum Gasteiger partial charge on any atom is 0.277 e. The van der Waals surface area contributed by atoms with Crippen molar-refractivity contribution in [2.75, 3.05) is 19.6 Å². The number of halogens is 1. The van der Waals surface area contributed by atoms with E-state index in [1.165, 1.54) is 0 Å². The van der Waals surface area contributed by atoms with Gasteiger partial charge in [-0.3, -0.25) is 14.1 Å². The second-order valence-electron chi connectivity index (χ2n) is 9.25. The molecule has 1 aliphatic carbocycles. The molecule has 33 heavy (non-hydrogen) atoms. The number of aliphatic hydroxyl groups is 1. The van der Waals surface area contributed by atoms with Crippen LogP contribution >= 0.6 is 11.6 Å². The average molecular weight is 469 g/mol. The Kier molecular flexibility index (Phi) is 5.01. The zero-order chi connectivity index (χ0) is 22.7. The summed E-state index contributed by atoms with van der Waals surface area (Å²) in [5.41, 5.74) is 2.06. The third kappa shape index (κ3) is 3.55. The first-order valence-electron chi connectivity index (χ1n) is 11.4. The largest absolute Gasteiger partial charge is 0.392 e. The summed E-state index contributed by atoms with van der Waals surface area (Å²) in [7, 11) is 0. The average Bonchev–Trinajstić information content (AvgIpc) is 3.17. The second-order valence-corrected chi connectivity index (χ2v) is 9.66. The standard InChI is InChI=1S/C23H25ClN6O3/c1-13-10-15(13)22-26-21(27-33-22)18-20-23(32)29(9-8-28-7-3-4-14(31)11-28)19-16(24)5-2-6-17(19)30(20)12-25-18/h2,5-6,12-15,31H,3-4,7-11H2,1H3. The van der Waals surface area contributed by atoms with Crippen molar-refractivity contribution in [1.29, 1.82) is 0 Å². The highest BCUT2D eigenvalue weighted by molar-refractivity contribution is 6.35. The van der Waals surface area contributed by atoms with Gasteiger partial charge in [0.05, 0.1) is 22.2 Å². The number of hydrogen-bond acceptors (Lipinski definition) is 7. The highest BCUT2D eigenvalue weighted by Gasteiger charge is 2.39. The van der Waals surface area contributed by atoms with Crippen molar-refractivity contribution in [2.45, 2.75) is 44.8 Å². The number of β-amino-alcohol motifs (C(OH)–C–C–N with tert-alkyl or cyclic N) is 1. The fourth-order valence-electron chi connectivity index (χ4n) is 4.93. The number of aromatic nitrogens is 5. The van der Waals surface area contributed by atoms with Gasteiger partial charge in [0.25, 0.3) is 5.56 Å². The molecule has 9 nitrogen and oxygen atoms in total. The Morgan fingerprint density at radius 2 is 2.12 bits per heavy atom. The maximum atomic E-state index is 13.8. The molecule has 1 saturated carbocycles. The lowest BCUT2D eigenvalue weighted by Crippen LogP contribution is -2.41. The van der Waals surface area contributed by atoms with Crippen molar-refractivity contribution in [2.24, 2.45) is 5.92 Å².